The summed E-state index contributed by atoms with van der Waals surface area (Å²) in [4.78, 5) is 0. The Hall–Kier alpha value is -6.17. The fourth-order valence-electron chi connectivity index (χ4n) is 7.48. The standard InChI is InChI=1S/C43H23NO/c44-24-25-8-15-36-38-7-3-6-37-35(16-17-39(43(37)38)45-40(36)18-25)34-22-31-13-11-29-20-33(21-30-12-14-32(23-34)42(31)41(29)30)28-10-9-26-4-1-2-5-27(26)19-28/h1-23H. The first kappa shape index (κ1) is 24.3. The van der Waals surface area contributed by atoms with Gasteiger partial charge in [-0.2, -0.15) is 5.26 Å². The zero-order valence-corrected chi connectivity index (χ0v) is 24.1. The van der Waals surface area contributed by atoms with Crippen molar-refractivity contribution in [3.05, 3.63) is 145 Å². The van der Waals surface area contributed by atoms with E-state index in [4.69, 9.17) is 4.74 Å². The molecule has 0 aliphatic carbocycles. The van der Waals surface area contributed by atoms with Crippen LogP contribution in [-0.2, 0) is 0 Å². The van der Waals surface area contributed by atoms with E-state index < -0.39 is 0 Å². The molecule has 1 heterocycles. The van der Waals surface area contributed by atoms with E-state index in [-0.39, 0.29) is 0 Å². The molecule has 9 aromatic carbocycles. The number of hydrogen-bond acceptors (Lipinski definition) is 2. The third kappa shape index (κ3) is 3.50. The van der Waals surface area contributed by atoms with Crippen molar-refractivity contribution in [2.75, 3.05) is 0 Å². The highest BCUT2D eigenvalue weighted by Crippen LogP contribution is 2.49. The number of hydrogen-bond donors (Lipinski definition) is 0. The second-order valence-electron chi connectivity index (χ2n) is 12.1. The minimum absolute atomic E-state index is 0.597. The predicted molar refractivity (Wildman–Crippen MR) is 186 cm³/mol. The molecule has 0 N–H and O–H groups in total. The van der Waals surface area contributed by atoms with Crippen molar-refractivity contribution in [2.24, 2.45) is 0 Å². The molecular formula is C43H23NO. The maximum absolute atomic E-state index is 9.41. The maximum atomic E-state index is 9.41. The Morgan fingerprint density at radius 1 is 0.400 bits per heavy atom. The molecule has 0 fully saturated rings. The van der Waals surface area contributed by atoms with Gasteiger partial charge in [0.05, 0.1) is 11.6 Å². The van der Waals surface area contributed by atoms with E-state index in [1.807, 2.05) is 18.2 Å². The lowest BCUT2D eigenvalue weighted by atomic mass is 9.87. The average Bonchev–Trinajstić information content (AvgIpc) is 3.10. The van der Waals surface area contributed by atoms with Gasteiger partial charge in [0.1, 0.15) is 11.5 Å². The minimum Gasteiger partial charge on any atom is -0.456 e. The quantitative estimate of drug-likeness (QED) is 0.194. The van der Waals surface area contributed by atoms with Gasteiger partial charge in [0.25, 0.3) is 0 Å². The summed E-state index contributed by atoms with van der Waals surface area (Å²) < 4.78 is 6.35. The Morgan fingerprint density at radius 3 is 1.78 bits per heavy atom. The van der Waals surface area contributed by atoms with Crippen molar-refractivity contribution < 1.29 is 4.74 Å². The zero-order valence-electron chi connectivity index (χ0n) is 24.1. The number of benzene rings is 9. The summed E-state index contributed by atoms with van der Waals surface area (Å²) in [5.74, 6) is 1.56. The highest BCUT2D eigenvalue weighted by Gasteiger charge is 2.22. The van der Waals surface area contributed by atoms with Crippen LogP contribution < -0.4 is 4.74 Å². The van der Waals surface area contributed by atoms with Gasteiger partial charge in [-0.05, 0) is 131 Å². The molecule has 10 rings (SSSR count). The van der Waals surface area contributed by atoms with Crippen LogP contribution in [0.25, 0.3) is 87.2 Å². The molecule has 2 nitrogen and oxygen atoms in total. The van der Waals surface area contributed by atoms with Gasteiger partial charge in [0.2, 0.25) is 0 Å². The van der Waals surface area contributed by atoms with Crippen molar-refractivity contribution in [1.29, 1.82) is 5.26 Å². The number of fused-ring (bicyclic) bond motifs is 3. The fourth-order valence-corrected chi connectivity index (χ4v) is 7.48. The topological polar surface area (TPSA) is 33.0 Å². The zero-order chi connectivity index (χ0) is 29.6. The van der Waals surface area contributed by atoms with Crippen LogP contribution in [0.1, 0.15) is 5.56 Å². The first-order valence-corrected chi connectivity index (χ1v) is 15.2. The molecule has 9 aromatic rings. The number of ether oxygens (including phenoxy) is 1. The first-order valence-electron chi connectivity index (χ1n) is 15.2. The molecule has 2 heteroatoms. The van der Waals surface area contributed by atoms with Crippen molar-refractivity contribution in [3.8, 4) is 50.9 Å². The average molecular weight is 570 g/mol. The molecule has 0 radical (unpaired) electrons. The van der Waals surface area contributed by atoms with Crippen LogP contribution in [0.5, 0.6) is 11.5 Å². The van der Waals surface area contributed by atoms with Gasteiger partial charge in [-0.25, -0.2) is 0 Å². The van der Waals surface area contributed by atoms with E-state index in [0.717, 1.165) is 33.4 Å². The summed E-state index contributed by atoms with van der Waals surface area (Å²) in [6.45, 7) is 0. The molecular weight excluding hydrogens is 546 g/mol. The number of nitriles is 1. The SMILES string of the molecule is N#Cc1ccc2c(c1)Oc1ccc(-c3cc4ccc5cc(-c6ccc7ccccc7c6)cc6ccc(c3)c4c56)c3cccc-2c13. The summed E-state index contributed by atoms with van der Waals surface area (Å²) >= 11 is 0. The van der Waals surface area contributed by atoms with Crippen LogP contribution in [0.15, 0.2) is 140 Å². The Kier molecular flexibility index (Phi) is 4.82. The Balaban J connectivity index is 1.14. The van der Waals surface area contributed by atoms with Gasteiger partial charge in [-0.1, -0.05) is 84.9 Å². The van der Waals surface area contributed by atoms with Gasteiger partial charge in [-0.3, -0.25) is 0 Å². The molecule has 0 spiro atoms. The molecule has 206 valence electrons. The lowest BCUT2D eigenvalue weighted by molar-refractivity contribution is 0.487. The van der Waals surface area contributed by atoms with Gasteiger partial charge in [0.15, 0.2) is 0 Å². The molecule has 45 heavy (non-hydrogen) atoms. The minimum atomic E-state index is 0.597. The normalized spacial score (nSPS) is 12.2. The van der Waals surface area contributed by atoms with Crippen LogP contribution >= 0.6 is 0 Å². The summed E-state index contributed by atoms with van der Waals surface area (Å²) in [5.41, 5.74) is 7.59. The van der Waals surface area contributed by atoms with E-state index >= 15 is 0 Å². The third-order valence-corrected chi connectivity index (χ3v) is 9.55. The first-order chi connectivity index (χ1) is 22.2. The lowest BCUT2D eigenvalue weighted by Gasteiger charge is -2.23. The van der Waals surface area contributed by atoms with Crippen molar-refractivity contribution >= 4 is 53.9 Å². The van der Waals surface area contributed by atoms with Crippen LogP contribution in [-0.4, -0.2) is 0 Å². The smallest absolute Gasteiger partial charge is 0.136 e. The molecule has 0 amide bonds. The molecule has 1 aliphatic rings. The van der Waals surface area contributed by atoms with Crippen LogP contribution in [0, 0.1) is 11.3 Å². The second kappa shape index (κ2) is 8.92. The van der Waals surface area contributed by atoms with E-state index in [9.17, 15) is 5.26 Å². The highest BCUT2D eigenvalue weighted by atomic mass is 16.5. The van der Waals surface area contributed by atoms with Crippen molar-refractivity contribution in [1.82, 2.24) is 0 Å². The summed E-state index contributed by atoms with van der Waals surface area (Å²) in [7, 11) is 0. The number of rotatable bonds is 2. The Bertz CT molecular complexity index is 2680. The summed E-state index contributed by atoms with van der Waals surface area (Å²) in [6, 6.07) is 52.3. The largest absolute Gasteiger partial charge is 0.456 e. The highest BCUT2D eigenvalue weighted by molar-refractivity contribution is 6.25. The van der Waals surface area contributed by atoms with E-state index in [0.29, 0.717) is 5.56 Å². The Labute approximate surface area is 259 Å². The maximum Gasteiger partial charge on any atom is 0.136 e. The lowest BCUT2D eigenvalue weighted by Crippen LogP contribution is -1.98. The fraction of sp³-hybridized carbons (Fsp3) is 0. The van der Waals surface area contributed by atoms with Crippen LogP contribution in [0.4, 0.5) is 0 Å². The number of nitrogens with zero attached hydrogens (tertiary/aromatic N) is 1. The molecule has 0 aromatic heterocycles. The molecule has 0 unspecified atom stereocenters. The van der Waals surface area contributed by atoms with Gasteiger partial charge in [-0.15, -0.1) is 0 Å². The van der Waals surface area contributed by atoms with Crippen LogP contribution in [0.3, 0.4) is 0 Å². The monoisotopic (exact) mass is 569 g/mol. The van der Waals surface area contributed by atoms with Gasteiger partial charge in [0, 0.05) is 10.9 Å². The summed E-state index contributed by atoms with van der Waals surface area (Å²) in [5, 5.41) is 21.8. The van der Waals surface area contributed by atoms with Gasteiger partial charge < -0.3 is 4.74 Å². The summed E-state index contributed by atoms with van der Waals surface area (Å²) in [6.07, 6.45) is 0. The third-order valence-electron chi connectivity index (χ3n) is 9.55. The predicted octanol–water partition coefficient (Wildman–Crippen LogP) is 11.9. The molecule has 0 saturated carbocycles. The van der Waals surface area contributed by atoms with E-state index in [1.165, 1.54) is 65.3 Å². The van der Waals surface area contributed by atoms with Gasteiger partial charge >= 0.3 is 0 Å². The molecule has 0 bridgehead atoms. The van der Waals surface area contributed by atoms with Crippen molar-refractivity contribution in [3.63, 3.8) is 0 Å². The second-order valence-corrected chi connectivity index (χ2v) is 12.1. The van der Waals surface area contributed by atoms with Crippen molar-refractivity contribution in [2.45, 2.75) is 0 Å². The molecule has 1 aliphatic heterocycles. The van der Waals surface area contributed by atoms with Crippen LogP contribution in [0.2, 0.25) is 0 Å². The molecule has 0 atom stereocenters. The van der Waals surface area contributed by atoms with E-state index in [2.05, 4.69) is 127 Å². The Morgan fingerprint density at radius 2 is 1.04 bits per heavy atom. The molecule has 0 saturated heterocycles. The van der Waals surface area contributed by atoms with E-state index in [1.54, 1.807) is 0 Å².